The van der Waals surface area contributed by atoms with E-state index in [2.05, 4.69) is 6.58 Å². The van der Waals surface area contributed by atoms with Crippen molar-refractivity contribution in [3.05, 3.63) is 12.2 Å². The summed E-state index contributed by atoms with van der Waals surface area (Å²) in [5.74, 6) is -0.744. The van der Waals surface area contributed by atoms with E-state index in [9.17, 15) is 9.90 Å². The van der Waals surface area contributed by atoms with E-state index in [1.165, 1.54) is 0 Å². The molecule has 0 aliphatic heterocycles. The maximum atomic E-state index is 11.4. The molecule has 0 saturated heterocycles. The van der Waals surface area contributed by atoms with Crippen molar-refractivity contribution in [3.8, 4) is 0 Å². The van der Waals surface area contributed by atoms with Gasteiger partial charge in [-0.25, -0.2) is 0 Å². The predicted molar refractivity (Wildman–Crippen MR) is 49.1 cm³/mol. The fourth-order valence-corrected chi connectivity index (χ4v) is 1.79. The third-order valence-electron chi connectivity index (χ3n) is 2.42. The van der Waals surface area contributed by atoms with Gasteiger partial charge in [0.1, 0.15) is 0 Å². The first-order valence-corrected chi connectivity index (χ1v) is 4.53. The van der Waals surface area contributed by atoms with E-state index in [1.54, 1.807) is 13.8 Å². The fourth-order valence-electron chi connectivity index (χ4n) is 1.79. The SMILES string of the molecule is C=C1CC(C(=O)OCC)C(C)(O)C1. The largest absolute Gasteiger partial charge is 0.466 e. The molecule has 0 bridgehead atoms. The van der Waals surface area contributed by atoms with Crippen molar-refractivity contribution in [2.45, 2.75) is 32.3 Å². The number of rotatable bonds is 2. The molecule has 1 N–H and O–H groups in total. The molecule has 1 aliphatic rings. The van der Waals surface area contributed by atoms with Crippen LogP contribution in [0.4, 0.5) is 0 Å². The average Bonchev–Trinajstić information content (AvgIpc) is 2.24. The normalized spacial score (nSPS) is 33.5. The van der Waals surface area contributed by atoms with E-state index >= 15 is 0 Å². The molecular formula is C10H16O3. The zero-order valence-electron chi connectivity index (χ0n) is 8.17. The van der Waals surface area contributed by atoms with Crippen LogP contribution in [0.2, 0.25) is 0 Å². The van der Waals surface area contributed by atoms with Crippen molar-refractivity contribution >= 4 is 5.97 Å². The molecule has 2 unspecified atom stereocenters. The molecule has 0 aromatic heterocycles. The van der Waals surface area contributed by atoms with E-state index in [0.29, 0.717) is 19.4 Å². The van der Waals surface area contributed by atoms with Crippen LogP contribution in [-0.2, 0) is 9.53 Å². The summed E-state index contributed by atoms with van der Waals surface area (Å²) in [5, 5.41) is 9.86. The second-order valence-electron chi connectivity index (χ2n) is 3.79. The monoisotopic (exact) mass is 184 g/mol. The van der Waals surface area contributed by atoms with Gasteiger partial charge in [0.25, 0.3) is 0 Å². The van der Waals surface area contributed by atoms with Gasteiger partial charge in [0, 0.05) is 0 Å². The highest BCUT2D eigenvalue weighted by molar-refractivity contribution is 5.75. The van der Waals surface area contributed by atoms with Gasteiger partial charge >= 0.3 is 5.97 Å². The van der Waals surface area contributed by atoms with Crippen LogP contribution in [0.3, 0.4) is 0 Å². The topological polar surface area (TPSA) is 46.5 Å². The summed E-state index contributed by atoms with van der Waals surface area (Å²) in [6.07, 6.45) is 1.04. The quantitative estimate of drug-likeness (QED) is 0.519. The third kappa shape index (κ3) is 2.10. The molecule has 3 heteroatoms. The minimum Gasteiger partial charge on any atom is -0.466 e. The molecule has 0 heterocycles. The molecule has 74 valence electrons. The molecule has 2 atom stereocenters. The fraction of sp³-hybridized carbons (Fsp3) is 0.700. The molecule has 13 heavy (non-hydrogen) atoms. The number of hydrogen-bond acceptors (Lipinski definition) is 3. The van der Waals surface area contributed by atoms with Crippen LogP contribution < -0.4 is 0 Å². The van der Waals surface area contributed by atoms with Gasteiger partial charge in [-0.2, -0.15) is 0 Å². The zero-order chi connectivity index (χ0) is 10.1. The van der Waals surface area contributed by atoms with Gasteiger partial charge in [-0.3, -0.25) is 4.79 Å². The lowest BCUT2D eigenvalue weighted by molar-refractivity contribution is -0.155. The van der Waals surface area contributed by atoms with E-state index in [4.69, 9.17) is 4.74 Å². The number of ether oxygens (including phenoxy) is 1. The van der Waals surface area contributed by atoms with E-state index in [-0.39, 0.29) is 5.97 Å². The molecule has 3 nitrogen and oxygen atoms in total. The lowest BCUT2D eigenvalue weighted by atomic mass is 9.93. The van der Waals surface area contributed by atoms with E-state index in [0.717, 1.165) is 5.57 Å². The second kappa shape index (κ2) is 3.50. The summed E-state index contributed by atoms with van der Waals surface area (Å²) < 4.78 is 4.87. The van der Waals surface area contributed by atoms with Crippen molar-refractivity contribution in [2.24, 2.45) is 5.92 Å². The number of hydrogen-bond donors (Lipinski definition) is 1. The van der Waals surface area contributed by atoms with Crippen molar-refractivity contribution in [2.75, 3.05) is 6.61 Å². The Bertz CT molecular complexity index is 230. The molecular weight excluding hydrogens is 168 g/mol. The van der Waals surface area contributed by atoms with Crippen molar-refractivity contribution in [3.63, 3.8) is 0 Å². The van der Waals surface area contributed by atoms with E-state index in [1.807, 2.05) is 0 Å². The predicted octanol–water partition coefficient (Wildman–Crippen LogP) is 1.27. The number of carbonyl (C=O) groups is 1. The molecule has 0 aromatic carbocycles. The summed E-state index contributed by atoms with van der Waals surface area (Å²) in [7, 11) is 0. The standard InChI is InChI=1S/C10H16O3/c1-4-13-9(11)8-5-7(2)6-10(8,3)12/h8,12H,2,4-6H2,1,3H3. The van der Waals surface area contributed by atoms with Crippen LogP contribution >= 0.6 is 0 Å². The number of esters is 1. The third-order valence-corrected chi connectivity index (χ3v) is 2.42. The Morgan fingerprint density at radius 2 is 2.46 bits per heavy atom. The minimum atomic E-state index is -0.969. The first-order chi connectivity index (χ1) is 5.97. The van der Waals surface area contributed by atoms with Crippen LogP contribution in [0.15, 0.2) is 12.2 Å². The zero-order valence-corrected chi connectivity index (χ0v) is 8.17. The maximum Gasteiger partial charge on any atom is 0.312 e. The Balaban J connectivity index is 2.69. The Morgan fingerprint density at radius 3 is 2.85 bits per heavy atom. The maximum absolute atomic E-state index is 11.4. The number of carbonyl (C=O) groups excluding carboxylic acids is 1. The molecule has 1 rings (SSSR count). The van der Waals surface area contributed by atoms with E-state index < -0.39 is 11.5 Å². The van der Waals surface area contributed by atoms with Gasteiger partial charge in [0.05, 0.1) is 18.1 Å². The number of aliphatic hydroxyl groups is 1. The highest BCUT2D eigenvalue weighted by Gasteiger charge is 2.44. The molecule has 1 saturated carbocycles. The summed E-state index contributed by atoms with van der Waals surface area (Å²) in [6, 6.07) is 0. The summed E-state index contributed by atoms with van der Waals surface area (Å²) >= 11 is 0. The summed E-state index contributed by atoms with van der Waals surface area (Å²) in [5.41, 5.74) is -0.0494. The average molecular weight is 184 g/mol. The Labute approximate surface area is 78.4 Å². The van der Waals surface area contributed by atoms with Gasteiger partial charge in [-0.05, 0) is 26.7 Å². The van der Waals surface area contributed by atoms with Crippen LogP contribution in [0.5, 0.6) is 0 Å². The first-order valence-electron chi connectivity index (χ1n) is 4.53. The molecule has 0 radical (unpaired) electrons. The van der Waals surface area contributed by atoms with Gasteiger partial charge in [-0.15, -0.1) is 0 Å². The van der Waals surface area contributed by atoms with Gasteiger partial charge in [0.2, 0.25) is 0 Å². The molecule has 1 fully saturated rings. The molecule has 0 aromatic rings. The lowest BCUT2D eigenvalue weighted by Crippen LogP contribution is -2.35. The van der Waals surface area contributed by atoms with Crippen LogP contribution in [0.1, 0.15) is 26.7 Å². The first kappa shape index (κ1) is 10.3. The summed E-state index contributed by atoms with van der Waals surface area (Å²) in [6.45, 7) is 7.55. The van der Waals surface area contributed by atoms with Crippen LogP contribution in [0.25, 0.3) is 0 Å². The Hall–Kier alpha value is -0.830. The Morgan fingerprint density at radius 1 is 1.85 bits per heavy atom. The molecule has 1 aliphatic carbocycles. The van der Waals surface area contributed by atoms with Crippen molar-refractivity contribution in [1.29, 1.82) is 0 Å². The summed E-state index contributed by atoms with van der Waals surface area (Å²) in [4.78, 5) is 11.4. The van der Waals surface area contributed by atoms with Gasteiger partial charge in [0.15, 0.2) is 0 Å². The highest BCUT2D eigenvalue weighted by Crippen LogP contribution is 2.38. The molecule has 0 spiro atoms. The lowest BCUT2D eigenvalue weighted by Gasteiger charge is -2.22. The van der Waals surface area contributed by atoms with Crippen LogP contribution in [-0.4, -0.2) is 23.3 Å². The van der Waals surface area contributed by atoms with Crippen molar-refractivity contribution < 1.29 is 14.6 Å². The Kier molecular flexibility index (Phi) is 2.76. The van der Waals surface area contributed by atoms with Gasteiger partial charge < -0.3 is 9.84 Å². The van der Waals surface area contributed by atoms with Gasteiger partial charge in [-0.1, -0.05) is 12.2 Å². The smallest absolute Gasteiger partial charge is 0.312 e. The second-order valence-corrected chi connectivity index (χ2v) is 3.79. The highest BCUT2D eigenvalue weighted by atomic mass is 16.5. The molecule has 0 amide bonds. The van der Waals surface area contributed by atoms with Crippen molar-refractivity contribution in [1.82, 2.24) is 0 Å². The van der Waals surface area contributed by atoms with Crippen LogP contribution in [0, 0.1) is 5.92 Å². The minimum absolute atomic E-state index is 0.314.